The second-order valence-electron chi connectivity index (χ2n) is 10.7. The number of hydrogen-bond acceptors (Lipinski definition) is 5. The number of benzene rings is 3. The highest BCUT2D eigenvalue weighted by atomic mass is 16.5. The molecular weight excluding hydrogens is 474 g/mol. The summed E-state index contributed by atoms with van der Waals surface area (Å²) in [5, 5.41) is 0. The van der Waals surface area contributed by atoms with Crippen LogP contribution in [0.5, 0.6) is 5.75 Å². The molecule has 0 aliphatic carbocycles. The van der Waals surface area contributed by atoms with Crippen LogP contribution in [0.3, 0.4) is 0 Å². The van der Waals surface area contributed by atoms with Gasteiger partial charge in [0.05, 0.1) is 23.9 Å². The van der Waals surface area contributed by atoms with Gasteiger partial charge in [0.25, 0.3) is 11.8 Å². The molecule has 3 aromatic rings. The normalized spacial score (nSPS) is 20.8. The maximum Gasteiger partial charge on any atom is 0.263 e. The van der Waals surface area contributed by atoms with Gasteiger partial charge in [0, 0.05) is 38.3 Å². The first-order chi connectivity index (χ1) is 18.6. The van der Waals surface area contributed by atoms with Crippen LogP contribution >= 0.6 is 0 Å². The first-order valence-electron chi connectivity index (χ1n) is 13.8. The van der Waals surface area contributed by atoms with Gasteiger partial charge in [-0.3, -0.25) is 19.4 Å². The van der Waals surface area contributed by atoms with E-state index in [1.807, 2.05) is 30.3 Å². The molecule has 3 heterocycles. The van der Waals surface area contributed by atoms with Crippen LogP contribution in [0.25, 0.3) is 0 Å². The van der Waals surface area contributed by atoms with Gasteiger partial charge in [0.1, 0.15) is 5.75 Å². The van der Waals surface area contributed by atoms with Crippen LogP contribution < -0.4 is 9.64 Å². The number of ether oxygens (including phenoxy) is 1. The molecule has 0 N–H and O–H groups in total. The molecule has 2 fully saturated rings. The van der Waals surface area contributed by atoms with Gasteiger partial charge in [-0.15, -0.1) is 0 Å². The standard InChI is InChI=1S/C32H35N3O3/c1-3-24-18-22(12-15-29(24)38-2)16-17-34-31(36)27-10-7-11-28(30(27)32(34)37)33-20-25-13-14-26(21-33)35(25)19-23-8-5-4-6-9-23/h4-12,15,18,25-26H,3,13-14,16-17,19-21H2,1-2H3. The van der Waals surface area contributed by atoms with Gasteiger partial charge in [-0.1, -0.05) is 55.5 Å². The number of methoxy groups -OCH3 is 1. The lowest BCUT2D eigenvalue weighted by Gasteiger charge is -2.42. The van der Waals surface area contributed by atoms with Crippen molar-refractivity contribution in [2.75, 3.05) is 31.6 Å². The van der Waals surface area contributed by atoms with Crippen molar-refractivity contribution in [3.63, 3.8) is 0 Å². The SMILES string of the molecule is CCc1cc(CCN2C(=O)c3cccc(N4CC5CCC(C4)N5Cc4ccccc4)c3C2=O)ccc1OC. The highest BCUT2D eigenvalue weighted by Crippen LogP contribution is 2.38. The molecule has 38 heavy (non-hydrogen) atoms. The number of carbonyl (C=O) groups excluding carboxylic acids is 2. The van der Waals surface area contributed by atoms with Gasteiger partial charge >= 0.3 is 0 Å². The molecule has 0 saturated carbocycles. The summed E-state index contributed by atoms with van der Waals surface area (Å²) in [6, 6.07) is 23.4. The highest BCUT2D eigenvalue weighted by Gasteiger charge is 2.43. The Kier molecular flexibility index (Phi) is 6.66. The summed E-state index contributed by atoms with van der Waals surface area (Å²) in [4.78, 5) is 33.4. The van der Waals surface area contributed by atoms with Crippen molar-refractivity contribution in [3.8, 4) is 5.75 Å². The topological polar surface area (TPSA) is 53.1 Å². The number of amides is 2. The zero-order valence-corrected chi connectivity index (χ0v) is 22.2. The number of rotatable bonds is 8. The van der Waals surface area contributed by atoms with Crippen molar-refractivity contribution in [2.45, 2.75) is 51.2 Å². The molecule has 0 aromatic heterocycles. The molecule has 2 bridgehead atoms. The van der Waals surface area contributed by atoms with Crippen molar-refractivity contribution < 1.29 is 14.3 Å². The Morgan fingerprint density at radius 1 is 0.868 bits per heavy atom. The van der Waals surface area contributed by atoms with E-state index in [0.717, 1.165) is 48.6 Å². The van der Waals surface area contributed by atoms with Crippen LogP contribution in [-0.2, 0) is 19.4 Å². The van der Waals surface area contributed by atoms with E-state index < -0.39 is 0 Å². The van der Waals surface area contributed by atoms with Crippen LogP contribution in [0, 0.1) is 0 Å². The Balaban J connectivity index is 1.18. The molecular formula is C32H35N3O3. The van der Waals surface area contributed by atoms with E-state index in [0.29, 0.717) is 36.2 Å². The van der Waals surface area contributed by atoms with Gasteiger partial charge in [-0.25, -0.2) is 0 Å². The molecule has 3 aliphatic heterocycles. The molecule has 6 nitrogen and oxygen atoms in total. The van der Waals surface area contributed by atoms with Gasteiger partial charge in [-0.2, -0.15) is 0 Å². The number of anilines is 1. The second kappa shape index (κ2) is 10.3. The monoisotopic (exact) mass is 509 g/mol. The molecule has 2 unspecified atom stereocenters. The Bertz CT molecular complexity index is 1340. The van der Waals surface area contributed by atoms with Crippen molar-refractivity contribution in [3.05, 3.63) is 94.5 Å². The average molecular weight is 510 g/mol. The van der Waals surface area contributed by atoms with Crippen LogP contribution in [0.4, 0.5) is 5.69 Å². The van der Waals surface area contributed by atoms with E-state index in [9.17, 15) is 9.59 Å². The zero-order chi connectivity index (χ0) is 26.2. The Labute approximate surface area is 224 Å². The van der Waals surface area contributed by atoms with Crippen LogP contribution in [0.15, 0.2) is 66.7 Å². The first kappa shape index (κ1) is 24.7. The van der Waals surface area contributed by atoms with Gasteiger partial charge in [0.2, 0.25) is 0 Å². The Morgan fingerprint density at radius 3 is 2.34 bits per heavy atom. The highest BCUT2D eigenvalue weighted by molar-refractivity contribution is 6.23. The Morgan fingerprint density at radius 2 is 1.63 bits per heavy atom. The minimum atomic E-state index is -0.179. The molecule has 6 heteroatoms. The molecule has 3 aromatic carbocycles. The van der Waals surface area contributed by atoms with E-state index in [1.165, 1.54) is 23.3 Å². The third-order valence-electron chi connectivity index (χ3n) is 8.51. The van der Waals surface area contributed by atoms with Crippen LogP contribution in [0.1, 0.15) is 57.2 Å². The average Bonchev–Trinajstić information content (AvgIpc) is 3.32. The molecule has 0 radical (unpaired) electrons. The molecule has 2 saturated heterocycles. The lowest BCUT2D eigenvalue weighted by atomic mass is 10.0. The van der Waals surface area contributed by atoms with E-state index in [1.54, 1.807) is 7.11 Å². The smallest absolute Gasteiger partial charge is 0.263 e. The van der Waals surface area contributed by atoms with E-state index in [4.69, 9.17) is 4.74 Å². The molecule has 2 amide bonds. The van der Waals surface area contributed by atoms with E-state index in [-0.39, 0.29) is 11.8 Å². The van der Waals surface area contributed by atoms with Crippen molar-refractivity contribution in [2.24, 2.45) is 0 Å². The number of piperazine rings is 1. The molecule has 196 valence electrons. The van der Waals surface area contributed by atoms with Gasteiger partial charge < -0.3 is 9.64 Å². The summed E-state index contributed by atoms with van der Waals surface area (Å²) in [5.41, 5.74) is 5.62. The number of aryl methyl sites for hydroxylation is 1. The maximum absolute atomic E-state index is 13.6. The summed E-state index contributed by atoms with van der Waals surface area (Å²) < 4.78 is 5.45. The molecule has 0 spiro atoms. The largest absolute Gasteiger partial charge is 0.496 e. The van der Waals surface area contributed by atoms with Crippen LogP contribution in [-0.4, -0.2) is 60.4 Å². The number of hydrogen-bond donors (Lipinski definition) is 0. The fourth-order valence-electron chi connectivity index (χ4n) is 6.53. The maximum atomic E-state index is 13.6. The van der Waals surface area contributed by atoms with E-state index in [2.05, 4.69) is 53.1 Å². The summed E-state index contributed by atoms with van der Waals surface area (Å²) in [6.45, 7) is 5.20. The lowest BCUT2D eigenvalue weighted by molar-refractivity contribution is 0.0656. The summed E-state index contributed by atoms with van der Waals surface area (Å²) >= 11 is 0. The minimum absolute atomic E-state index is 0.163. The quantitative estimate of drug-likeness (QED) is 0.402. The Hall–Kier alpha value is -3.64. The fourth-order valence-corrected chi connectivity index (χ4v) is 6.53. The summed E-state index contributed by atoms with van der Waals surface area (Å²) in [6.07, 6.45) is 3.83. The number of carbonyl (C=O) groups is 2. The minimum Gasteiger partial charge on any atom is -0.496 e. The number of imide groups is 1. The molecule has 3 aliphatic rings. The van der Waals surface area contributed by atoms with Gasteiger partial charge in [0.15, 0.2) is 0 Å². The second-order valence-corrected chi connectivity index (χ2v) is 10.7. The zero-order valence-electron chi connectivity index (χ0n) is 22.2. The lowest BCUT2D eigenvalue weighted by Crippen LogP contribution is -2.53. The van der Waals surface area contributed by atoms with Crippen molar-refractivity contribution >= 4 is 17.5 Å². The fraction of sp³-hybridized carbons (Fsp3) is 0.375. The van der Waals surface area contributed by atoms with E-state index >= 15 is 0 Å². The van der Waals surface area contributed by atoms with Crippen molar-refractivity contribution in [1.82, 2.24) is 9.80 Å². The molecule has 6 rings (SSSR count). The van der Waals surface area contributed by atoms with Crippen molar-refractivity contribution in [1.29, 1.82) is 0 Å². The number of fused-ring (bicyclic) bond motifs is 3. The van der Waals surface area contributed by atoms with Crippen LogP contribution in [0.2, 0.25) is 0 Å². The summed E-state index contributed by atoms with van der Waals surface area (Å²) in [7, 11) is 1.68. The predicted molar refractivity (Wildman–Crippen MR) is 149 cm³/mol. The molecule has 2 atom stereocenters. The summed E-state index contributed by atoms with van der Waals surface area (Å²) in [5.74, 6) is 0.533. The van der Waals surface area contributed by atoms with Gasteiger partial charge in [-0.05, 0) is 60.6 Å². The first-order valence-corrected chi connectivity index (χ1v) is 13.8. The third-order valence-corrected chi connectivity index (χ3v) is 8.51. The third kappa shape index (κ3) is 4.37. The predicted octanol–water partition coefficient (Wildman–Crippen LogP) is 4.95. The number of nitrogens with zero attached hydrogens (tertiary/aromatic N) is 3.